The van der Waals surface area contributed by atoms with Crippen LogP contribution in [0.5, 0.6) is 0 Å². The maximum absolute atomic E-state index is 12.6. The number of amides is 1. The zero-order valence-electron chi connectivity index (χ0n) is 15.2. The Balaban J connectivity index is 1.80. The van der Waals surface area contributed by atoms with Crippen LogP contribution in [0.25, 0.3) is 11.2 Å². The van der Waals surface area contributed by atoms with Crippen molar-refractivity contribution in [1.82, 2.24) is 24.0 Å². The minimum atomic E-state index is -0.554. The molecule has 9 nitrogen and oxygen atoms in total. The van der Waals surface area contributed by atoms with Gasteiger partial charge in [0.05, 0.1) is 6.33 Å². The van der Waals surface area contributed by atoms with Gasteiger partial charge in [0.2, 0.25) is 5.91 Å². The largest absolute Gasteiger partial charge is 0.381 e. The Morgan fingerprint density at radius 1 is 1.35 bits per heavy atom. The van der Waals surface area contributed by atoms with Crippen LogP contribution in [-0.2, 0) is 30.2 Å². The third kappa shape index (κ3) is 3.30. The minimum Gasteiger partial charge on any atom is -0.381 e. The topological polar surface area (TPSA) is 100 Å². The van der Waals surface area contributed by atoms with Crippen LogP contribution < -0.4 is 16.6 Å². The number of carbonyl (C=O) groups excluding carboxylic acids is 1. The van der Waals surface area contributed by atoms with Gasteiger partial charge in [0, 0.05) is 38.6 Å². The van der Waals surface area contributed by atoms with Crippen molar-refractivity contribution in [3.63, 3.8) is 0 Å². The van der Waals surface area contributed by atoms with Crippen molar-refractivity contribution >= 4 is 28.8 Å². The summed E-state index contributed by atoms with van der Waals surface area (Å²) in [7, 11) is 3.22. The highest BCUT2D eigenvalue weighted by molar-refractivity contribution is 8.00. The average molecular weight is 381 g/mol. The van der Waals surface area contributed by atoms with Crippen molar-refractivity contribution in [2.75, 3.05) is 26.0 Å². The summed E-state index contributed by atoms with van der Waals surface area (Å²) < 4.78 is 9.12. The molecule has 0 spiro atoms. The number of hydrogen-bond acceptors (Lipinski definition) is 6. The predicted molar refractivity (Wildman–Crippen MR) is 99.5 cm³/mol. The molecule has 1 saturated heterocycles. The van der Waals surface area contributed by atoms with Crippen molar-refractivity contribution in [3.05, 3.63) is 27.2 Å². The van der Waals surface area contributed by atoms with E-state index < -0.39 is 11.2 Å². The number of carbonyl (C=O) groups is 1. The monoisotopic (exact) mass is 381 g/mol. The first-order chi connectivity index (χ1) is 12.4. The third-order valence-electron chi connectivity index (χ3n) is 4.95. The highest BCUT2D eigenvalue weighted by Gasteiger charge is 2.32. The van der Waals surface area contributed by atoms with Crippen LogP contribution in [0.3, 0.4) is 0 Å². The molecule has 0 radical (unpaired) electrons. The van der Waals surface area contributed by atoms with Gasteiger partial charge in [-0.1, -0.05) is 0 Å². The second-order valence-electron chi connectivity index (χ2n) is 6.54. The number of aryl methyl sites for hydroxylation is 2. The van der Waals surface area contributed by atoms with Gasteiger partial charge in [-0.05, 0) is 19.1 Å². The van der Waals surface area contributed by atoms with Crippen LogP contribution in [0, 0.1) is 0 Å². The number of imidazole rings is 1. The van der Waals surface area contributed by atoms with Gasteiger partial charge in [0.25, 0.3) is 5.56 Å². The van der Waals surface area contributed by atoms with Crippen molar-refractivity contribution in [2.24, 2.45) is 14.1 Å². The molecular weight excluding hydrogens is 358 g/mol. The van der Waals surface area contributed by atoms with Crippen LogP contribution in [0.15, 0.2) is 15.9 Å². The fraction of sp³-hybridized carbons (Fsp3) is 0.625. The highest BCUT2D eigenvalue weighted by atomic mass is 32.2. The summed E-state index contributed by atoms with van der Waals surface area (Å²) in [5.74, 6) is -0.356. The molecule has 0 unspecified atom stereocenters. The van der Waals surface area contributed by atoms with Gasteiger partial charge in [-0.25, -0.2) is 14.3 Å². The Hall–Kier alpha value is -2.07. The van der Waals surface area contributed by atoms with E-state index in [1.165, 1.54) is 17.9 Å². The number of hydrogen-bond donors (Lipinski definition) is 1. The lowest BCUT2D eigenvalue weighted by atomic mass is 9.99. The molecule has 0 atom stereocenters. The SMILES string of the molecule is CSC1(CNC(=O)Cn2c(=O)c3c(ncn3C)n(C)c2=O)CCOCC1. The highest BCUT2D eigenvalue weighted by Crippen LogP contribution is 2.32. The van der Waals surface area contributed by atoms with E-state index >= 15 is 0 Å². The lowest BCUT2D eigenvalue weighted by Gasteiger charge is -2.35. The number of fused-ring (bicyclic) bond motifs is 1. The smallest absolute Gasteiger partial charge is 0.332 e. The first-order valence-corrected chi connectivity index (χ1v) is 9.61. The first-order valence-electron chi connectivity index (χ1n) is 8.39. The lowest BCUT2D eigenvalue weighted by Crippen LogP contribution is -2.47. The van der Waals surface area contributed by atoms with Crippen LogP contribution in [0.1, 0.15) is 12.8 Å². The molecule has 1 aliphatic rings. The Bertz CT molecular complexity index is 938. The summed E-state index contributed by atoms with van der Waals surface area (Å²) in [6, 6.07) is 0. The van der Waals surface area contributed by atoms with Crippen LogP contribution in [0.2, 0.25) is 0 Å². The molecular formula is C16H23N5O4S. The zero-order valence-corrected chi connectivity index (χ0v) is 16.0. The fourth-order valence-corrected chi connectivity index (χ4v) is 3.98. The van der Waals surface area contributed by atoms with Crippen molar-refractivity contribution in [3.8, 4) is 0 Å². The number of ether oxygens (including phenoxy) is 1. The number of nitrogens with one attached hydrogen (secondary N) is 1. The van der Waals surface area contributed by atoms with Crippen LogP contribution in [0.4, 0.5) is 0 Å². The average Bonchev–Trinajstić information content (AvgIpc) is 3.04. The number of nitrogens with zero attached hydrogens (tertiary/aromatic N) is 4. The van der Waals surface area contributed by atoms with Gasteiger partial charge < -0.3 is 14.6 Å². The van der Waals surface area contributed by atoms with Crippen LogP contribution >= 0.6 is 11.8 Å². The molecule has 3 heterocycles. The number of thioether (sulfide) groups is 1. The van der Waals surface area contributed by atoms with Gasteiger partial charge in [0.1, 0.15) is 6.54 Å². The van der Waals surface area contributed by atoms with E-state index in [2.05, 4.69) is 10.3 Å². The van der Waals surface area contributed by atoms with E-state index in [9.17, 15) is 14.4 Å². The Morgan fingerprint density at radius 2 is 2.04 bits per heavy atom. The van der Waals surface area contributed by atoms with Crippen LogP contribution in [-0.4, -0.2) is 55.4 Å². The molecule has 3 rings (SSSR count). The molecule has 1 N–H and O–H groups in total. The Kier molecular flexibility index (Phi) is 5.24. The molecule has 10 heteroatoms. The second kappa shape index (κ2) is 7.28. The Morgan fingerprint density at radius 3 is 2.69 bits per heavy atom. The fourth-order valence-electron chi connectivity index (χ4n) is 3.19. The summed E-state index contributed by atoms with van der Waals surface area (Å²) in [6.45, 7) is 1.52. The molecule has 142 valence electrons. The van der Waals surface area contributed by atoms with Crippen molar-refractivity contribution in [2.45, 2.75) is 24.1 Å². The first kappa shape index (κ1) is 18.7. The minimum absolute atomic E-state index is 0.0597. The summed E-state index contributed by atoms with van der Waals surface area (Å²) in [4.78, 5) is 41.6. The van der Waals surface area contributed by atoms with E-state index in [1.807, 2.05) is 6.26 Å². The van der Waals surface area contributed by atoms with E-state index in [0.717, 1.165) is 17.4 Å². The molecule has 2 aromatic rings. The van der Waals surface area contributed by atoms with E-state index in [4.69, 9.17) is 4.74 Å². The molecule has 1 fully saturated rings. The quantitative estimate of drug-likeness (QED) is 0.747. The van der Waals surface area contributed by atoms with Crippen molar-refractivity contribution in [1.29, 1.82) is 0 Å². The number of aromatic nitrogens is 4. The maximum atomic E-state index is 12.6. The summed E-state index contributed by atoms with van der Waals surface area (Å²) in [6.07, 6.45) is 5.21. The molecule has 0 aromatic carbocycles. The second-order valence-corrected chi connectivity index (χ2v) is 7.81. The van der Waals surface area contributed by atoms with Gasteiger partial charge in [-0.3, -0.25) is 14.2 Å². The summed E-state index contributed by atoms with van der Waals surface area (Å²) in [5.41, 5.74) is -0.460. The van der Waals surface area contributed by atoms with E-state index in [0.29, 0.717) is 30.9 Å². The summed E-state index contributed by atoms with van der Waals surface area (Å²) >= 11 is 1.71. The standard InChI is InChI=1S/C16H23N5O4S/c1-19-10-18-13-12(19)14(23)21(15(24)20(13)2)8-11(22)17-9-16(26-3)4-6-25-7-5-16/h10H,4-9H2,1-3H3,(H,17,22). The van der Waals surface area contributed by atoms with Gasteiger partial charge >= 0.3 is 5.69 Å². The van der Waals surface area contributed by atoms with Gasteiger partial charge in [0.15, 0.2) is 11.2 Å². The number of rotatable bonds is 5. The molecule has 26 heavy (non-hydrogen) atoms. The third-order valence-corrected chi connectivity index (χ3v) is 6.37. The molecule has 1 aliphatic heterocycles. The van der Waals surface area contributed by atoms with Crippen molar-refractivity contribution < 1.29 is 9.53 Å². The van der Waals surface area contributed by atoms with E-state index in [-0.39, 0.29) is 17.2 Å². The summed E-state index contributed by atoms with van der Waals surface area (Å²) in [5, 5.41) is 2.88. The van der Waals surface area contributed by atoms with E-state index in [1.54, 1.807) is 23.4 Å². The Labute approximate surface area is 154 Å². The zero-order chi connectivity index (χ0) is 18.9. The molecule has 2 aromatic heterocycles. The van der Waals surface area contributed by atoms with Gasteiger partial charge in [-0.15, -0.1) is 0 Å². The molecule has 0 aliphatic carbocycles. The molecule has 1 amide bonds. The normalized spacial score (nSPS) is 16.7. The maximum Gasteiger partial charge on any atom is 0.332 e. The molecule has 0 bridgehead atoms. The predicted octanol–water partition coefficient (Wildman–Crippen LogP) is -0.538. The van der Waals surface area contributed by atoms with Gasteiger partial charge in [-0.2, -0.15) is 11.8 Å². The molecule has 0 saturated carbocycles. The lowest BCUT2D eigenvalue weighted by molar-refractivity contribution is -0.122.